The third kappa shape index (κ3) is 3.31. The normalized spacial score (nSPS) is 12.6. The number of pyridine rings is 1. The van der Waals surface area contributed by atoms with E-state index < -0.39 is 0 Å². The topological polar surface area (TPSA) is 62.3 Å². The van der Waals surface area contributed by atoms with Crippen LogP contribution in [-0.4, -0.2) is 23.3 Å². The summed E-state index contributed by atoms with van der Waals surface area (Å²) in [7, 11) is 0. The molecule has 1 aliphatic heterocycles. The summed E-state index contributed by atoms with van der Waals surface area (Å²) in [6.45, 7) is 2.57. The summed E-state index contributed by atoms with van der Waals surface area (Å²) in [4.78, 5) is 31.4. The van der Waals surface area contributed by atoms with E-state index in [1.54, 1.807) is 17.0 Å². The van der Waals surface area contributed by atoms with E-state index in [4.69, 9.17) is 0 Å². The molecule has 0 saturated heterocycles. The maximum Gasteiger partial charge on any atom is 0.274 e. The lowest BCUT2D eigenvalue weighted by atomic mass is 10.1. The number of hydrogen-bond donors (Lipinski definition) is 1. The van der Waals surface area contributed by atoms with Gasteiger partial charge in [-0.2, -0.15) is 0 Å². The lowest BCUT2D eigenvalue weighted by Gasteiger charge is -2.17. The van der Waals surface area contributed by atoms with Gasteiger partial charge in [0.25, 0.3) is 11.8 Å². The first-order valence-corrected chi connectivity index (χ1v) is 8.86. The van der Waals surface area contributed by atoms with Crippen LogP contribution in [0.2, 0.25) is 0 Å². The molecule has 0 saturated carbocycles. The van der Waals surface area contributed by atoms with Gasteiger partial charge in [0.05, 0.1) is 0 Å². The van der Waals surface area contributed by atoms with Crippen LogP contribution in [0.5, 0.6) is 0 Å². The van der Waals surface area contributed by atoms with Gasteiger partial charge in [-0.15, -0.1) is 0 Å². The molecule has 5 heteroatoms. The van der Waals surface area contributed by atoms with Gasteiger partial charge in [0, 0.05) is 29.7 Å². The highest BCUT2D eigenvalue weighted by Gasteiger charge is 2.25. The van der Waals surface area contributed by atoms with Crippen molar-refractivity contribution in [3.63, 3.8) is 0 Å². The second kappa shape index (κ2) is 7.03. The second-order valence-electron chi connectivity index (χ2n) is 6.53. The van der Waals surface area contributed by atoms with Gasteiger partial charge >= 0.3 is 0 Å². The number of fused-ring (bicyclic) bond motifs is 1. The standard InChI is InChI=1S/C22H19N3O2/c1-15-6-2-4-8-18(15)24-21(26)19-14-17(10-12-23-19)22(27)25-13-11-16-7-3-5-9-20(16)25/h2-10,12,14H,11,13H2,1H3,(H,24,26). The molecule has 0 atom stereocenters. The van der Waals surface area contributed by atoms with Crippen LogP contribution in [0.3, 0.4) is 0 Å². The van der Waals surface area contributed by atoms with E-state index >= 15 is 0 Å². The Morgan fingerprint density at radius 1 is 1.04 bits per heavy atom. The van der Waals surface area contributed by atoms with E-state index in [1.165, 1.54) is 6.20 Å². The fraction of sp³-hybridized carbons (Fsp3) is 0.136. The predicted molar refractivity (Wildman–Crippen MR) is 105 cm³/mol. The third-order valence-electron chi connectivity index (χ3n) is 4.77. The Hall–Kier alpha value is -3.47. The van der Waals surface area contributed by atoms with Crippen molar-refractivity contribution in [3.05, 3.63) is 89.2 Å². The minimum Gasteiger partial charge on any atom is -0.320 e. The maximum absolute atomic E-state index is 13.0. The summed E-state index contributed by atoms with van der Waals surface area (Å²) in [6.07, 6.45) is 2.34. The summed E-state index contributed by atoms with van der Waals surface area (Å²) in [5, 5.41) is 2.85. The third-order valence-corrected chi connectivity index (χ3v) is 4.77. The Bertz CT molecular complexity index is 1030. The zero-order valence-electron chi connectivity index (χ0n) is 15.0. The van der Waals surface area contributed by atoms with E-state index in [9.17, 15) is 9.59 Å². The molecule has 27 heavy (non-hydrogen) atoms. The molecule has 4 rings (SSSR count). The van der Waals surface area contributed by atoms with Crippen molar-refractivity contribution in [2.75, 3.05) is 16.8 Å². The van der Waals surface area contributed by atoms with E-state index in [1.807, 2.05) is 55.5 Å². The number of hydrogen-bond acceptors (Lipinski definition) is 3. The minimum absolute atomic E-state index is 0.118. The fourth-order valence-electron chi connectivity index (χ4n) is 3.29. The van der Waals surface area contributed by atoms with Crippen LogP contribution in [0.1, 0.15) is 32.0 Å². The SMILES string of the molecule is Cc1ccccc1NC(=O)c1cc(C(=O)N2CCc3ccccc32)ccn1. The molecule has 2 heterocycles. The molecule has 0 unspecified atom stereocenters. The van der Waals surface area contributed by atoms with Gasteiger partial charge in [-0.1, -0.05) is 36.4 Å². The van der Waals surface area contributed by atoms with Crippen LogP contribution >= 0.6 is 0 Å². The first kappa shape index (κ1) is 17.0. The van der Waals surface area contributed by atoms with Crippen LogP contribution in [0.15, 0.2) is 66.9 Å². The van der Waals surface area contributed by atoms with E-state index in [-0.39, 0.29) is 17.5 Å². The second-order valence-corrected chi connectivity index (χ2v) is 6.53. The van der Waals surface area contributed by atoms with Gasteiger partial charge in [0.15, 0.2) is 0 Å². The van der Waals surface area contributed by atoms with Crippen LogP contribution in [0.25, 0.3) is 0 Å². The Balaban J connectivity index is 1.57. The summed E-state index contributed by atoms with van der Waals surface area (Å²) < 4.78 is 0. The van der Waals surface area contributed by atoms with Crippen molar-refractivity contribution < 1.29 is 9.59 Å². The molecule has 0 radical (unpaired) electrons. The van der Waals surface area contributed by atoms with Crippen molar-refractivity contribution in [2.45, 2.75) is 13.3 Å². The molecule has 2 aromatic carbocycles. The molecule has 0 bridgehead atoms. The number of aryl methyl sites for hydroxylation is 1. The van der Waals surface area contributed by atoms with Crippen LogP contribution in [0.4, 0.5) is 11.4 Å². The van der Waals surface area contributed by atoms with Crippen molar-refractivity contribution >= 4 is 23.2 Å². The molecule has 1 aliphatic rings. The largest absolute Gasteiger partial charge is 0.320 e. The summed E-state index contributed by atoms with van der Waals surface area (Å²) >= 11 is 0. The first-order chi connectivity index (χ1) is 13.1. The summed E-state index contributed by atoms with van der Waals surface area (Å²) in [5.74, 6) is -0.451. The van der Waals surface area contributed by atoms with Crippen molar-refractivity contribution in [3.8, 4) is 0 Å². The summed E-state index contributed by atoms with van der Waals surface area (Å²) in [6, 6.07) is 18.6. The number of anilines is 2. The Morgan fingerprint density at radius 3 is 2.67 bits per heavy atom. The lowest BCUT2D eigenvalue weighted by molar-refractivity contribution is 0.0989. The Morgan fingerprint density at radius 2 is 1.81 bits per heavy atom. The maximum atomic E-state index is 13.0. The van der Waals surface area contributed by atoms with Gasteiger partial charge in [-0.25, -0.2) is 0 Å². The number of carbonyl (C=O) groups excluding carboxylic acids is 2. The quantitative estimate of drug-likeness (QED) is 0.774. The van der Waals surface area contributed by atoms with Crippen LogP contribution in [0, 0.1) is 6.92 Å². The van der Waals surface area contributed by atoms with E-state index in [2.05, 4.69) is 10.3 Å². The van der Waals surface area contributed by atoms with Crippen LogP contribution in [-0.2, 0) is 6.42 Å². The predicted octanol–water partition coefficient (Wildman–Crippen LogP) is 3.85. The molecule has 5 nitrogen and oxygen atoms in total. The molecule has 1 N–H and O–H groups in total. The molecule has 1 aromatic heterocycles. The number of aromatic nitrogens is 1. The van der Waals surface area contributed by atoms with Crippen molar-refractivity contribution in [2.24, 2.45) is 0 Å². The smallest absolute Gasteiger partial charge is 0.274 e. The van der Waals surface area contributed by atoms with Gasteiger partial charge < -0.3 is 10.2 Å². The Labute approximate surface area is 157 Å². The molecule has 134 valence electrons. The molecular weight excluding hydrogens is 338 g/mol. The number of nitrogens with zero attached hydrogens (tertiary/aromatic N) is 2. The highest BCUT2D eigenvalue weighted by atomic mass is 16.2. The number of nitrogens with one attached hydrogen (secondary N) is 1. The molecular formula is C22H19N3O2. The van der Waals surface area contributed by atoms with E-state index in [0.717, 1.165) is 28.9 Å². The minimum atomic E-state index is -0.333. The van der Waals surface area contributed by atoms with Crippen LogP contribution < -0.4 is 10.2 Å². The monoisotopic (exact) mass is 357 g/mol. The number of carbonyl (C=O) groups is 2. The number of para-hydroxylation sites is 2. The molecule has 0 aliphatic carbocycles. The average Bonchev–Trinajstić information content (AvgIpc) is 3.13. The highest BCUT2D eigenvalue weighted by molar-refractivity contribution is 6.09. The van der Waals surface area contributed by atoms with Gasteiger partial charge in [0.1, 0.15) is 5.69 Å². The summed E-state index contributed by atoms with van der Waals surface area (Å²) in [5.41, 5.74) is 4.47. The molecule has 0 fully saturated rings. The molecule has 2 amide bonds. The number of rotatable bonds is 3. The van der Waals surface area contributed by atoms with Gasteiger partial charge in [-0.3, -0.25) is 14.6 Å². The van der Waals surface area contributed by atoms with Gasteiger partial charge in [0.2, 0.25) is 0 Å². The van der Waals surface area contributed by atoms with E-state index in [0.29, 0.717) is 12.1 Å². The average molecular weight is 357 g/mol. The van der Waals surface area contributed by atoms with Crippen molar-refractivity contribution in [1.82, 2.24) is 4.98 Å². The molecule has 3 aromatic rings. The zero-order chi connectivity index (χ0) is 18.8. The lowest BCUT2D eigenvalue weighted by Crippen LogP contribution is -2.29. The number of benzene rings is 2. The zero-order valence-corrected chi connectivity index (χ0v) is 15.0. The first-order valence-electron chi connectivity index (χ1n) is 8.86. The highest BCUT2D eigenvalue weighted by Crippen LogP contribution is 2.28. The van der Waals surface area contributed by atoms with Gasteiger partial charge in [-0.05, 0) is 48.7 Å². The Kier molecular flexibility index (Phi) is 4.42. The fourth-order valence-corrected chi connectivity index (χ4v) is 3.29. The van der Waals surface area contributed by atoms with Crippen molar-refractivity contribution in [1.29, 1.82) is 0 Å². The molecule has 0 spiro atoms. The number of amides is 2.